The van der Waals surface area contributed by atoms with E-state index in [-0.39, 0.29) is 6.61 Å². The third kappa shape index (κ3) is 2.69. The quantitative estimate of drug-likeness (QED) is 0.765. The lowest BCUT2D eigenvalue weighted by atomic mass is 10.2. The van der Waals surface area contributed by atoms with E-state index in [1.54, 1.807) is 0 Å². The average molecular weight is 333 g/mol. The molecule has 1 aromatic heterocycles. The maximum atomic E-state index is 8.77. The highest BCUT2D eigenvalue weighted by molar-refractivity contribution is 9.10. The first kappa shape index (κ1) is 13.1. The molecule has 3 rings (SSSR count). The topological polar surface area (TPSA) is 58.3 Å². The smallest absolute Gasteiger partial charge is 0.227 e. The van der Waals surface area contributed by atoms with Gasteiger partial charge in [-0.2, -0.15) is 0 Å². The number of halogens is 1. The number of nitrogens with one attached hydrogen (secondary N) is 1. The van der Waals surface area contributed by atoms with Gasteiger partial charge >= 0.3 is 0 Å². The molecular weight excluding hydrogens is 320 g/mol. The Kier molecular flexibility index (Phi) is 3.71. The maximum Gasteiger partial charge on any atom is 0.227 e. The number of benzene rings is 2. The molecule has 102 valence electrons. The van der Waals surface area contributed by atoms with Crippen molar-refractivity contribution in [3.8, 4) is 11.5 Å². The summed E-state index contributed by atoms with van der Waals surface area (Å²) in [6.07, 6.45) is 0. The lowest BCUT2D eigenvalue weighted by molar-refractivity contribution is 0.311. The van der Waals surface area contributed by atoms with E-state index < -0.39 is 0 Å². The summed E-state index contributed by atoms with van der Waals surface area (Å²) in [5.74, 6) is 0.604. The molecule has 2 N–H and O–H groups in total. The normalized spacial score (nSPS) is 10.9. The predicted molar refractivity (Wildman–Crippen MR) is 82.7 cm³/mol. The van der Waals surface area contributed by atoms with Crippen LogP contribution >= 0.6 is 15.9 Å². The Morgan fingerprint density at radius 2 is 1.95 bits per heavy atom. The van der Waals surface area contributed by atoms with Crippen LogP contribution in [0.4, 0.5) is 5.69 Å². The summed E-state index contributed by atoms with van der Waals surface area (Å²) in [5.41, 5.74) is 3.48. The van der Waals surface area contributed by atoms with Gasteiger partial charge in [-0.25, -0.2) is 4.98 Å². The van der Waals surface area contributed by atoms with Crippen molar-refractivity contribution in [2.45, 2.75) is 0 Å². The Bertz CT molecular complexity index is 722. The van der Waals surface area contributed by atoms with Crippen molar-refractivity contribution < 1.29 is 9.52 Å². The van der Waals surface area contributed by atoms with Gasteiger partial charge in [-0.3, -0.25) is 0 Å². The molecule has 0 saturated heterocycles. The van der Waals surface area contributed by atoms with Gasteiger partial charge in [0.2, 0.25) is 5.89 Å². The van der Waals surface area contributed by atoms with Gasteiger partial charge in [0.05, 0.1) is 6.61 Å². The van der Waals surface area contributed by atoms with Gasteiger partial charge in [-0.05, 0) is 42.5 Å². The molecule has 0 bridgehead atoms. The van der Waals surface area contributed by atoms with Crippen molar-refractivity contribution in [2.24, 2.45) is 0 Å². The Labute approximate surface area is 124 Å². The second-order valence-corrected chi connectivity index (χ2v) is 5.27. The number of aliphatic hydroxyl groups is 1. The largest absolute Gasteiger partial charge is 0.436 e. The van der Waals surface area contributed by atoms with E-state index in [2.05, 4.69) is 26.2 Å². The van der Waals surface area contributed by atoms with Crippen molar-refractivity contribution in [2.75, 3.05) is 18.5 Å². The Morgan fingerprint density at radius 1 is 1.15 bits per heavy atom. The van der Waals surface area contributed by atoms with E-state index in [9.17, 15) is 0 Å². The highest BCUT2D eigenvalue weighted by Crippen LogP contribution is 2.27. The molecule has 0 aliphatic heterocycles. The van der Waals surface area contributed by atoms with Gasteiger partial charge in [0.25, 0.3) is 0 Å². The standard InChI is InChI=1S/C15H13BrN2O2/c16-11-3-6-14-13(9-11)18-15(20-14)10-1-4-12(5-2-10)17-7-8-19/h1-6,9,17,19H,7-8H2. The van der Waals surface area contributed by atoms with Crippen LogP contribution in [0.2, 0.25) is 0 Å². The fraction of sp³-hybridized carbons (Fsp3) is 0.133. The summed E-state index contributed by atoms with van der Waals surface area (Å²) in [5, 5.41) is 11.9. The first-order valence-corrected chi connectivity index (χ1v) is 7.07. The van der Waals surface area contributed by atoms with Crippen LogP contribution in [0.1, 0.15) is 0 Å². The van der Waals surface area contributed by atoms with Crippen molar-refractivity contribution in [1.82, 2.24) is 4.98 Å². The van der Waals surface area contributed by atoms with Crippen molar-refractivity contribution in [3.63, 3.8) is 0 Å². The molecule has 0 unspecified atom stereocenters. The molecule has 0 fully saturated rings. The van der Waals surface area contributed by atoms with Gasteiger partial charge in [0.1, 0.15) is 5.52 Å². The summed E-state index contributed by atoms with van der Waals surface area (Å²) >= 11 is 3.42. The number of hydrogen-bond acceptors (Lipinski definition) is 4. The number of hydrogen-bond donors (Lipinski definition) is 2. The number of oxazole rings is 1. The Hall–Kier alpha value is -1.85. The maximum absolute atomic E-state index is 8.77. The highest BCUT2D eigenvalue weighted by atomic mass is 79.9. The molecule has 0 aliphatic rings. The van der Waals surface area contributed by atoms with E-state index in [4.69, 9.17) is 9.52 Å². The lowest BCUT2D eigenvalue weighted by Gasteiger charge is -2.04. The zero-order valence-electron chi connectivity index (χ0n) is 10.6. The van der Waals surface area contributed by atoms with Gasteiger partial charge in [0, 0.05) is 22.3 Å². The molecule has 0 aliphatic carbocycles. The highest BCUT2D eigenvalue weighted by Gasteiger charge is 2.08. The SMILES string of the molecule is OCCNc1ccc(-c2nc3cc(Br)ccc3o2)cc1. The van der Waals surface area contributed by atoms with Crippen LogP contribution in [0.15, 0.2) is 51.4 Å². The van der Waals surface area contributed by atoms with Crippen molar-refractivity contribution in [3.05, 3.63) is 46.9 Å². The van der Waals surface area contributed by atoms with Crippen LogP contribution in [-0.4, -0.2) is 23.2 Å². The number of aromatic nitrogens is 1. The number of anilines is 1. The Balaban J connectivity index is 1.90. The molecule has 5 heteroatoms. The molecule has 4 nitrogen and oxygen atoms in total. The van der Waals surface area contributed by atoms with Crippen LogP contribution in [0.25, 0.3) is 22.6 Å². The first-order valence-electron chi connectivity index (χ1n) is 6.27. The molecule has 0 amide bonds. The molecule has 3 aromatic rings. The summed E-state index contributed by atoms with van der Waals surface area (Å²) in [6, 6.07) is 13.5. The number of aliphatic hydroxyl groups excluding tert-OH is 1. The zero-order chi connectivity index (χ0) is 13.9. The second-order valence-electron chi connectivity index (χ2n) is 4.36. The molecular formula is C15H13BrN2O2. The minimum atomic E-state index is 0.113. The van der Waals surface area contributed by atoms with Crippen molar-refractivity contribution >= 4 is 32.7 Å². The van der Waals surface area contributed by atoms with E-state index in [1.165, 1.54) is 0 Å². The van der Waals surface area contributed by atoms with Gasteiger partial charge in [0.15, 0.2) is 5.58 Å². The fourth-order valence-corrected chi connectivity index (χ4v) is 2.30. The van der Waals surface area contributed by atoms with Crippen LogP contribution in [0.5, 0.6) is 0 Å². The third-order valence-corrected chi connectivity index (χ3v) is 3.42. The van der Waals surface area contributed by atoms with Crippen molar-refractivity contribution in [1.29, 1.82) is 0 Å². The third-order valence-electron chi connectivity index (χ3n) is 2.92. The molecule has 0 radical (unpaired) electrons. The van der Waals surface area contributed by atoms with E-state index in [1.807, 2.05) is 42.5 Å². The van der Waals surface area contributed by atoms with E-state index >= 15 is 0 Å². The molecule has 0 atom stereocenters. The van der Waals surface area contributed by atoms with Gasteiger partial charge in [-0.15, -0.1) is 0 Å². The Morgan fingerprint density at radius 3 is 2.70 bits per heavy atom. The van der Waals surface area contributed by atoms with Gasteiger partial charge < -0.3 is 14.8 Å². The lowest BCUT2D eigenvalue weighted by Crippen LogP contribution is -2.04. The number of nitrogens with zero attached hydrogens (tertiary/aromatic N) is 1. The minimum Gasteiger partial charge on any atom is -0.436 e. The van der Waals surface area contributed by atoms with E-state index in [0.29, 0.717) is 12.4 Å². The number of rotatable bonds is 4. The van der Waals surface area contributed by atoms with Crippen LogP contribution in [-0.2, 0) is 0 Å². The molecule has 0 spiro atoms. The summed E-state index contributed by atoms with van der Waals surface area (Å²) in [4.78, 5) is 4.48. The van der Waals surface area contributed by atoms with Crippen LogP contribution in [0, 0.1) is 0 Å². The van der Waals surface area contributed by atoms with Crippen LogP contribution in [0.3, 0.4) is 0 Å². The summed E-state index contributed by atoms with van der Waals surface area (Å²) in [6.45, 7) is 0.651. The predicted octanol–water partition coefficient (Wildman–Crippen LogP) is 3.66. The zero-order valence-corrected chi connectivity index (χ0v) is 12.2. The fourth-order valence-electron chi connectivity index (χ4n) is 1.95. The van der Waals surface area contributed by atoms with Crippen LogP contribution < -0.4 is 5.32 Å². The summed E-state index contributed by atoms with van der Waals surface area (Å²) < 4.78 is 6.72. The first-order chi connectivity index (χ1) is 9.76. The molecule has 2 aromatic carbocycles. The van der Waals surface area contributed by atoms with E-state index in [0.717, 1.165) is 26.8 Å². The molecule has 20 heavy (non-hydrogen) atoms. The second kappa shape index (κ2) is 5.64. The van der Waals surface area contributed by atoms with Gasteiger partial charge in [-0.1, -0.05) is 15.9 Å². The number of fused-ring (bicyclic) bond motifs is 1. The average Bonchev–Trinajstić information content (AvgIpc) is 2.88. The molecule has 1 heterocycles. The minimum absolute atomic E-state index is 0.113. The summed E-state index contributed by atoms with van der Waals surface area (Å²) in [7, 11) is 0. The molecule has 0 saturated carbocycles. The monoisotopic (exact) mass is 332 g/mol.